The zero-order valence-electron chi connectivity index (χ0n) is 12.7. The highest BCUT2D eigenvalue weighted by atomic mass is 35.5. The third-order valence-corrected chi connectivity index (χ3v) is 3.70. The van der Waals surface area contributed by atoms with Gasteiger partial charge in [-0.3, -0.25) is 4.79 Å². The Morgan fingerprint density at radius 1 is 1.25 bits per heavy atom. The first kappa shape index (κ1) is 17.1. The van der Waals surface area contributed by atoms with E-state index in [1.54, 1.807) is 11.9 Å². The zero-order valence-corrected chi connectivity index (χ0v) is 13.5. The molecule has 116 valence electrons. The number of rotatable bonds is 3. The fourth-order valence-electron chi connectivity index (χ4n) is 2.38. The number of carbonyl (C=O) groups excluding carboxylic acids is 2. The molecule has 0 aromatic carbocycles. The second-order valence-corrected chi connectivity index (χ2v) is 6.56. The van der Waals surface area contributed by atoms with Crippen molar-refractivity contribution in [2.45, 2.75) is 64.1 Å². The minimum atomic E-state index is -0.478. The van der Waals surface area contributed by atoms with Crippen LogP contribution in [0.15, 0.2) is 0 Å². The Hall–Kier alpha value is -0.970. The smallest absolute Gasteiger partial charge is 0.407 e. The van der Waals surface area contributed by atoms with Crippen molar-refractivity contribution in [1.29, 1.82) is 0 Å². The summed E-state index contributed by atoms with van der Waals surface area (Å²) in [5.74, 6) is -0.0257. The number of ether oxygens (including phenoxy) is 1. The van der Waals surface area contributed by atoms with E-state index in [0.29, 0.717) is 0 Å². The molecule has 1 rings (SSSR count). The minimum Gasteiger partial charge on any atom is -0.444 e. The van der Waals surface area contributed by atoms with Crippen LogP contribution in [-0.4, -0.2) is 47.5 Å². The van der Waals surface area contributed by atoms with Gasteiger partial charge in [0.1, 0.15) is 11.5 Å². The Morgan fingerprint density at radius 2 is 1.80 bits per heavy atom. The molecule has 0 bridgehead atoms. The van der Waals surface area contributed by atoms with E-state index in [-0.39, 0.29) is 30.0 Å². The molecule has 0 aromatic heterocycles. The van der Waals surface area contributed by atoms with E-state index in [0.717, 1.165) is 25.7 Å². The Bertz CT molecular complexity index is 347. The third-order valence-electron chi connectivity index (χ3n) is 3.47. The maximum Gasteiger partial charge on any atom is 0.407 e. The molecule has 0 heterocycles. The zero-order chi connectivity index (χ0) is 15.3. The number of nitrogens with zero attached hydrogens (tertiary/aromatic N) is 1. The summed E-state index contributed by atoms with van der Waals surface area (Å²) in [6.45, 7) is 5.53. The number of amides is 2. The summed E-state index contributed by atoms with van der Waals surface area (Å²) in [5, 5.41) is 2.89. The van der Waals surface area contributed by atoms with Crippen LogP contribution >= 0.6 is 11.6 Å². The van der Waals surface area contributed by atoms with Crippen LogP contribution in [0.5, 0.6) is 0 Å². The molecule has 0 saturated heterocycles. The fourth-order valence-corrected chi connectivity index (χ4v) is 2.57. The number of alkyl carbamates (subject to hydrolysis) is 1. The molecular weight excluding hydrogens is 280 g/mol. The molecule has 0 aromatic rings. The lowest BCUT2D eigenvalue weighted by Crippen LogP contribution is -2.46. The van der Waals surface area contributed by atoms with Gasteiger partial charge in [0, 0.05) is 19.1 Å². The van der Waals surface area contributed by atoms with Crippen molar-refractivity contribution >= 4 is 23.6 Å². The topological polar surface area (TPSA) is 58.6 Å². The van der Waals surface area contributed by atoms with Gasteiger partial charge in [0.05, 0.1) is 0 Å². The van der Waals surface area contributed by atoms with Crippen LogP contribution in [0, 0.1) is 0 Å². The number of hydrogen-bond donors (Lipinski definition) is 1. The van der Waals surface area contributed by atoms with Crippen LogP contribution in [0.2, 0.25) is 0 Å². The highest BCUT2D eigenvalue weighted by Gasteiger charge is 2.28. The SMILES string of the molecule is CN(C(=O)CCl)C1CCC(NC(=O)OC(C)(C)C)CC1. The number of carbonyl (C=O) groups is 2. The Kier molecular flexibility index (Phi) is 6.11. The summed E-state index contributed by atoms with van der Waals surface area (Å²) < 4.78 is 5.24. The molecule has 1 N–H and O–H groups in total. The number of nitrogens with one attached hydrogen (secondary N) is 1. The van der Waals surface area contributed by atoms with E-state index in [1.165, 1.54) is 0 Å². The van der Waals surface area contributed by atoms with Gasteiger partial charge in [-0.15, -0.1) is 11.6 Å². The quantitative estimate of drug-likeness (QED) is 0.815. The summed E-state index contributed by atoms with van der Waals surface area (Å²) in [7, 11) is 1.79. The van der Waals surface area contributed by atoms with Gasteiger partial charge in [-0.05, 0) is 46.5 Å². The predicted molar refractivity (Wildman–Crippen MR) is 78.9 cm³/mol. The van der Waals surface area contributed by atoms with E-state index >= 15 is 0 Å². The average Bonchev–Trinajstić information content (AvgIpc) is 2.35. The summed E-state index contributed by atoms with van der Waals surface area (Å²) in [5.41, 5.74) is -0.478. The molecule has 5 nitrogen and oxygen atoms in total. The Morgan fingerprint density at radius 3 is 2.25 bits per heavy atom. The van der Waals surface area contributed by atoms with Crippen LogP contribution in [-0.2, 0) is 9.53 Å². The first-order valence-corrected chi connectivity index (χ1v) is 7.57. The molecule has 0 aliphatic heterocycles. The number of hydrogen-bond acceptors (Lipinski definition) is 3. The van der Waals surface area contributed by atoms with E-state index in [2.05, 4.69) is 5.32 Å². The molecule has 0 spiro atoms. The van der Waals surface area contributed by atoms with Crippen LogP contribution in [0.3, 0.4) is 0 Å². The standard InChI is InChI=1S/C14H25ClN2O3/c1-14(2,3)20-13(19)16-10-5-7-11(8-6-10)17(4)12(18)9-15/h10-11H,5-9H2,1-4H3,(H,16,19). The highest BCUT2D eigenvalue weighted by molar-refractivity contribution is 6.27. The van der Waals surface area contributed by atoms with Crippen LogP contribution < -0.4 is 5.32 Å². The van der Waals surface area contributed by atoms with Crippen molar-refractivity contribution in [3.8, 4) is 0 Å². The number of alkyl halides is 1. The third kappa shape index (κ3) is 5.57. The lowest BCUT2D eigenvalue weighted by Gasteiger charge is -2.35. The van der Waals surface area contributed by atoms with Crippen LogP contribution in [0.4, 0.5) is 4.79 Å². The molecule has 0 unspecified atom stereocenters. The van der Waals surface area contributed by atoms with Gasteiger partial charge in [0.15, 0.2) is 0 Å². The van der Waals surface area contributed by atoms with Crippen molar-refractivity contribution < 1.29 is 14.3 Å². The second-order valence-electron chi connectivity index (χ2n) is 6.29. The molecule has 6 heteroatoms. The minimum absolute atomic E-state index is 0.0204. The van der Waals surface area contributed by atoms with Crippen molar-refractivity contribution in [2.24, 2.45) is 0 Å². The molecule has 2 amide bonds. The highest BCUT2D eigenvalue weighted by Crippen LogP contribution is 2.23. The maximum absolute atomic E-state index is 11.7. The van der Waals surface area contributed by atoms with Gasteiger partial charge in [0.25, 0.3) is 0 Å². The summed E-state index contributed by atoms with van der Waals surface area (Å²) >= 11 is 5.56. The lowest BCUT2D eigenvalue weighted by atomic mass is 9.90. The van der Waals surface area contributed by atoms with Crippen molar-refractivity contribution in [3.05, 3.63) is 0 Å². The number of halogens is 1. The Labute approximate surface area is 126 Å². The van der Waals surface area contributed by atoms with E-state index in [1.807, 2.05) is 20.8 Å². The predicted octanol–water partition coefficient (Wildman–Crippen LogP) is 2.52. The van der Waals surface area contributed by atoms with E-state index < -0.39 is 5.60 Å². The molecule has 1 saturated carbocycles. The summed E-state index contributed by atoms with van der Waals surface area (Å²) in [4.78, 5) is 24.9. The largest absolute Gasteiger partial charge is 0.444 e. The molecule has 1 aliphatic carbocycles. The van der Waals surface area contributed by atoms with Gasteiger partial charge in [-0.25, -0.2) is 4.79 Å². The molecule has 1 aliphatic rings. The summed E-state index contributed by atoms with van der Waals surface area (Å²) in [6, 6.07) is 0.346. The monoisotopic (exact) mass is 304 g/mol. The van der Waals surface area contributed by atoms with E-state index in [4.69, 9.17) is 16.3 Å². The fraction of sp³-hybridized carbons (Fsp3) is 0.857. The van der Waals surface area contributed by atoms with E-state index in [9.17, 15) is 9.59 Å². The van der Waals surface area contributed by atoms with Gasteiger partial charge >= 0.3 is 6.09 Å². The van der Waals surface area contributed by atoms with Crippen LogP contribution in [0.1, 0.15) is 46.5 Å². The summed E-state index contributed by atoms with van der Waals surface area (Å²) in [6.07, 6.45) is 3.08. The maximum atomic E-state index is 11.7. The molecular formula is C14H25ClN2O3. The first-order valence-electron chi connectivity index (χ1n) is 7.04. The lowest BCUT2D eigenvalue weighted by molar-refractivity contribution is -0.129. The molecule has 20 heavy (non-hydrogen) atoms. The first-order chi connectivity index (χ1) is 9.23. The van der Waals surface area contributed by atoms with Gasteiger partial charge in [-0.2, -0.15) is 0 Å². The van der Waals surface area contributed by atoms with Gasteiger partial charge < -0.3 is 15.0 Å². The average molecular weight is 305 g/mol. The molecule has 1 fully saturated rings. The van der Waals surface area contributed by atoms with Gasteiger partial charge in [0.2, 0.25) is 5.91 Å². The van der Waals surface area contributed by atoms with Gasteiger partial charge in [-0.1, -0.05) is 0 Å². The molecule has 0 atom stereocenters. The van der Waals surface area contributed by atoms with Crippen molar-refractivity contribution in [3.63, 3.8) is 0 Å². The molecule has 0 radical (unpaired) electrons. The van der Waals surface area contributed by atoms with Crippen molar-refractivity contribution in [2.75, 3.05) is 12.9 Å². The normalized spacial score (nSPS) is 23.1. The Balaban J connectivity index is 2.35. The second kappa shape index (κ2) is 7.16. The van der Waals surface area contributed by atoms with Crippen LogP contribution in [0.25, 0.3) is 0 Å². The van der Waals surface area contributed by atoms with Crippen molar-refractivity contribution in [1.82, 2.24) is 10.2 Å².